The van der Waals surface area contributed by atoms with Crippen LogP contribution in [0.1, 0.15) is 30.0 Å². The molecule has 0 atom stereocenters. The second-order valence-electron chi connectivity index (χ2n) is 6.34. The number of anilines is 1. The summed E-state index contributed by atoms with van der Waals surface area (Å²) in [6.45, 7) is 5.19. The van der Waals surface area contributed by atoms with Crippen LogP contribution in [-0.2, 0) is 6.42 Å². The SMILES string of the molecule is CN=C(NCCCc1nc(C)cs1)NC1CCN(c2cccs2)CC1.I. The summed E-state index contributed by atoms with van der Waals surface area (Å²) in [7, 11) is 1.85. The average molecular weight is 505 g/mol. The first-order chi connectivity index (χ1) is 12.2. The lowest BCUT2D eigenvalue weighted by atomic mass is 10.1. The number of nitrogens with one attached hydrogen (secondary N) is 2. The van der Waals surface area contributed by atoms with Crippen molar-refractivity contribution in [1.29, 1.82) is 0 Å². The predicted molar refractivity (Wildman–Crippen MR) is 125 cm³/mol. The van der Waals surface area contributed by atoms with Gasteiger partial charge in [-0.1, -0.05) is 0 Å². The molecule has 0 radical (unpaired) electrons. The molecule has 0 unspecified atom stereocenters. The number of nitrogens with zero attached hydrogens (tertiary/aromatic N) is 3. The Kier molecular flexibility index (Phi) is 9.13. The van der Waals surface area contributed by atoms with Gasteiger partial charge in [-0.25, -0.2) is 4.98 Å². The summed E-state index contributed by atoms with van der Waals surface area (Å²) in [5.41, 5.74) is 1.12. The van der Waals surface area contributed by atoms with E-state index in [1.165, 1.54) is 10.0 Å². The summed E-state index contributed by atoms with van der Waals surface area (Å²) >= 11 is 3.58. The van der Waals surface area contributed by atoms with Gasteiger partial charge in [0, 0.05) is 50.2 Å². The minimum Gasteiger partial charge on any atom is -0.363 e. The molecule has 0 amide bonds. The number of guanidine groups is 1. The van der Waals surface area contributed by atoms with Crippen LogP contribution in [-0.4, -0.2) is 43.7 Å². The smallest absolute Gasteiger partial charge is 0.191 e. The van der Waals surface area contributed by atoms with Crippen LogP contribution in [0.5, 0.6) is 0 Å². The van der Waals surface area contributed by atoms with Crippen LogP contribution in [0.4, 0.5) is 5.00 Å². The van der Waals surface area contributed by atoms with Crippen LogP contribution in [0.2, 0.25) is 0 Å². The van der Waals surface area contributed by atoms with Gasteiger partial charge in [-0.2, -0.15) is 0 Å². The van der Waals surface area contributed by atoms with Crippen molar-refractivity contribution >= 4 is 57.6 Å². The Morgan fingerprint density at radius 3 is 2.77 bits per heavy atom. The van der Waals surface area contributed by atoms with Gasteiger partial charge in [0.2, 0.25) is 0 Å². The zero-order valence-electron chi connectivity index (χ0n) is 15.4. The van der Waals surface area contributed by atoms with Crippen LogP contribution >= 0.6 is 46.7 Å². The van der Waals surface area contributed by atoms with Gasteiger partial charge in [0.1, 0.15) is 0 Å². The molecule has 26 heavy (non-hydrogen) atoms. The van der Waals surface area contributed by atoms with E-state index in [1.54, 1.807) is 11.3 Å². The Balaban J connectivity index is 0.00000243. The first-order valence-corrected chi connectivity index (χ1v) is 10.7. The van der Waals surface area contributed by atoms with Crippen LogP contribution < -0.4 is 15.5 Å². The molecular weight excluding hydrogens is 477 g/mol. The van der Waals surface area contributed by atoms with E-state index >= 15 is 0 Å². The molecule has 1 fully saturated rings. The molecule has 5 nitrogen and oxygen atoms in total. The average Bonchev–Trinajstić information content (AvgIpc) is 3.30. The number of rotatable bonds is 6. The van der Waals surface area contributed by atoms with E-state index in [0.29, 0.717) is 6.04 Å². The lowest BCUT2D eigenvalue weighted by Crippen LogP contribution is -2.48. The molecular formula is C18H28IN5S2. The fourth-order valence-electron chi connectivity index (χ4n) is 3.05. The van der Waals surface area contributed by atoms with Crippen molar-refractivity contribution in [2.24, 2.45) is 4.99 Å². The zero-order valence-corrected chi connectivity index (χ0v) is 19.4. The summed E-state index contributed by atoms with van der Waals surface area (Å²) in [5, 5.41) is 13.9. The Morgan fingerprint density at radius 1 is 1.35 bits per heavy atom. The minimum absolute atomic E-state index is 0. The fourth-order valence-corrected chi connectivity index (χ4v) is 4.65. The maximum absolute atomic E-state index is 4.51. The highest BCUT2D eigenvalue weighted by molar-refractivity contribution is 14.0. The molecule has 0 spiro atoms. The molecule has 8 heteroatoms. The third-order valence-electron chi connectivity index (χ3n) is 4.40. The number of thiazole rings is 1. The van der Waals surface area contributed by atoms with Crippen molar-refractivity contribution in [2.45, 2.75) is 38.6 Å². The number of aliphatic imine (C=N–C) groups is 1. The third-order valence-corrected chi connectivity index (χ3v) is 6.36. The van der Waals surface area contributed by atoms with Gasteiger partial charge < -0.3 is 15.5 Å². The van der Waals surface area contributed by atoms with Gasteiger partial charge in [-0.15, -0.1) is 46.7 Å². The van der Waals surface area contributed by atoms with Crippen molar-refractivity contribution in [1.82, 2.24) is 15.6 Å². The summed E-state index contributed by atoms with van der Waals surface area (Å²) in [6.07, 6.45) is 4.40. The van der Waals surface area contributed by atoms with Crippen LogP contribution in [0.15, 0.2) is 27.9 Å². The van der Waals surface area contributed by atoms with Gasteiger partial charge in [-0.05, 0) is 43.7 Å². The molecule has 0 saturated carbocycles. The van der Waals surface area contributed by atoms with Crippen molar-refractivity contribution in [3.63, 3.8) is 0 Å². The molecule has 1 aliphatic rings. The molecule has 0 bridgehead atoms. The number of aryl methyl sites for hydroxylation is 2. The normalized spacial score (nSPS) is 15.6. The van der Waals surface area contributed by atoms with Crippen molar-refractivity contribution in [3.05, 3.63) is 33.6 Å². The monoisotopic (exact) mass is 505 g/mol. The van der Waals surface area contributed by atoms with E-state index in [4.69, 9.17) is 0 Å². The molecule has 3 rings (SSSR count). The highest BCUT2D eigenvalue weighted by Gasteiger charge is 2.20. The van der Waals surface area contributed by atoms with Crippen LogP contribution in [0.25, 0.3) is 0 Å². The van der Waals surface area contributed by atoms with E-state index in [9.17, 15) is 0 Å². The fraction of sp³-hybridized carbons (Fsp3) is 0.556. The number of hydrogen-bond donors (Lipinski definition) is 2. The van der Waals surface area contributed by atoms with Crippen LogP contribution in [0, 0.1) is 6.92 Å². The first kappa shape index (κ1) is 21.4. The predicted octanol–water partition coefficient (Wildman–Crippen LogP) is 3.90. The zero-order chi connectivity index (χ0) is 17.5. The van der Waals surface area contributed by atoms with E-state index in [2.05, 4.69) is 48.4 Å². The Hall–Kier alpha value is -0.870. The highest BCUT2D eigenvalue weighted by Crippen LogP contribution is 2.24. The number of piperidine rings is 1. The molecule has 144 valence electrons. The molecule has 1 aliphatic heterocycles. The highest BCUT2D eigenvalue weighted by atomic mass is 127. The van der Waals surface area contributed by atoms with Gasteiger partial charge in [0.25, 0.3) is 0 Å². The summed E-state index contributed by atoms with van der Waals surface area (Å²) in [5.74, 6) is 0.921. The lowest BCUT2D eigenvalue weighted by molar-refractivity contribution is 0.462. The molecule has 2 aromatic heterocycles. The summed E-state index contributed by atoms with van der Waals surface area (Å²) in [6, 6.07) is 4.84. The first-order valence-electron chi connectivity index (χ1n) is 8.91. The number of aromatic nitrogens is 1. The van der Waals surface area contributed by atoms with Crippen molar-refractivity contribution in [3.8, 4) is 0 Å². The van der Waals surface area contributed by atoms with Crippen LogP contribution in [0.3, 0.4) is 0 Å². The second kappa shape index (κ2) is 11.1. The number of halogens is 1. The maximum Gasteiger partial charge on any atom is 0.191 e. The standard InChI is InChI=1S/C18H27N5S2.HI/c1-14-13-25-16(21-14)5-3-9-20-18(19-2)22-15-7-10-23(11-8-15)17-6-4-12-24-17;/h4,6,12-13,15H,3,5,7-11H2,1-2H3,(H2,19,20,22);1H. The minimum atomic E-state index is 0. The van der Waals surface area contributed by atoms with Gasteiger partial charge in [-0.3, -0.25) is 4.99 Å². The molecule has 0 aliphatic carbocycles. The summed E-state index contributed by atoms with van der Waals surface area (Å²) in [4.78, 5) is 11.4. The quantitative estimate of drug-likeness (QED) is 0.271. The van der Waals surface area contributed by atoms with E-state index in [1.807, 2.05) is 25.3 Å². The van der Waals surface area contributed by atoms with Crippen molar-refractivity contribution < 1.29 is 0 Å². The molecule has 2 aromatic rings. The summed E-state index contributed by atoms with van der Waals surface area (Å²) < 4.78 is 0. The van der Waals surface area contributed by atoms with Gasteiger partial charge >= 0.3 is 0 Å². The molecule has 1 saturated heterocycles. The van der Waals surface area contributed by atoms with Gasteiger partial charge in [0.05, 0.1) is 10.0 Å². The lowest BCUT2D eigenvalue weighted by Gasteiger charge is -2.33. The largest absolute Gasteiger partial charge is 0.363 e. The molecule has 0 aromatic carbocycles. The maximum atomic E-state index is 4.51. The third kappa shape index (κ3) is 6.38. The van der Waals surface area contributed by atoms with Gasteiger partial charge in [0.15, 0.2) is 5.96 Å². The van der Waals surface area contributed by atoms with E-state index < -0.39 is 0 Å². The van der Waals surface area contributed by atoms with E-state index in [-0.39, 0.29) is 24.0 Å². The topological polar surface area (TPSA) is 52.6 Å². The number of thiophene rings is 1. The Morgan fingerprint density at radius 2 is 2.15 bits per heavy atom. The van der Waals surface area contributed by atoms with Crippen molar-refractivity contribution in [2.75, 3.05) is 31.6 Å². The molecule has 2 N–H and O–H groups in total. The Labute approximate surface area is 181 Å². The number of hydrogen-bond acceptors (Lipinski definition) is 5. The second-order valence-corrected chi connectivity index (χ2v) is 8.21. The Bertz CT molecular complexity index is 663. The molecule has 3 heterocycles. The van der Waals surface area contributed by atoms with E-state index in [0.717, 1.165) is 57.0 Å².